The van der Waals surface area contributed by atoms with Crippen molar-refractivity contribution in [3.63, 3.8) is 0 Å². The molecule has 4 aromatic carbocycles. The van der Waals surface area contributed by atoms with Crippen molar-refractivity contribution in [3.05, 3.63) is 122 Å². The number of rotatable bonds is 3. The number of thiophene rings is 2. The first-order valence-electron chi connectivity index (χ1n) is 12.6. The van der Waals surface area contributed by atoms with E-state index >= 15 is 0 Å². The molecule has 0 aliphatic carbocycles. The number of hydrogen-bond acceptors (Lipinski definition) is 4. The average Bonchev–Trinajstić information content (AvgIpc) is 3.56. The minimum Gasteiger partial charge on any atom is -0.263 e. The molecule has 0 amide bonds. The summed E-state index contributed by atoms with van der Waals surface area (Å²) in [6, 6.07) is 37.0. The van der Waals surface area contributed by atoms with Gasteiger partial charge in [-0.15, -0.1) is 22.7 Å². The van der Waals surface area contributed by atoms with E-state index in [1.807, 2.05) is 41.3 Å². The molecule has 178 valence electrons. The van der Waals surface area contributed by atoms with Gasteiger partial charge in [-0.3, -0.25) is 9.97 Å². The molecule has 0 aliphatic heterocycles. The van der Waals surface area contributed by atoms with Crippen LogP contribution >= 0.6 is 22.7 Å². The summed E-state index contributed by atoms with van der Waals surface area (Å²) in [6.45, 7) is 0. The maximum atomic E-state index is 4.95. The highest BCUT2D eigenvalue weighted by molar-refractivity contribution is 7.26. The number of benzene rings is 4. The van der Waals surface area contributed by atoms with Crippen LogP contribution in [0, 0.1) is 0 Å². The summed E-state index contributed by atoms with van der Waals surface area (Å²) in [4.78, 5) is 9.31. The van der Waals surface area contributed by atoms with Crippen LogP contribution in [0.1, 0.15) is 0 Å². The van der Waals surface area contributed by atoms with Gasteiger partial charge < -0.3 is 0 Å². The van der Waals surface area contributed by atoms with E-state index < -0.39 is 0 Å². The van der Waals surface area contributed by atoms with Crippen molar-refractivity contribution in [2.45, 2.75) is 0 Å². The van der Waals surface area contributed by atoms with E-state index in [4.69, 9.17) is 4.98 Å². The summed E-state index contributed by atoms with van der Waals surface area (Å²) in [7, 11) is 0. The van der Waals surface area contributed by atoms with Crippen LogP contribution in [0.5, 0.6) is 0 Å². The number of hydrogen-bond donors (Lipinski definition) is 0. The molecule has 0 saturated heterocycles. The van der Waals surface area contributed by atoms with E-state index in [-0.39, 0.29) is 0 Å². The van der Waals surface area contributed by atoms with Crippen LogP contribution in [0.4, 0.5) is 0 Å². The lowest BCUT2D eigenvalue weighted by Crippen LogP contribution is -1.91. The molecule has 0 fully saturated rings. The van der Waals surface area contributed by atoms with Crippen LogP contribution in [0.25, 0.3) is 73.9 Å². The first-order chi connectivity index (χ1) is 18.9. The van der Waals surface area contributed by atoms with Crippen LogP contribution in [-0.4, -0.2) is 9.97 Å². The second-order valence-corrected chi connectivity index (χ2v) is 11.5. The number of nitrogens with zero attached hydrogens (tertiary/aromatic N) is 2. The Morgan fingerprint density at radius 1 is 0.421 bits per heavy atom. The predicted molar refractivity (Wildman–Crippen MR) is 164 cm³/mol. The SMILES string of the molecule is c1ccc(-c2cccc3c2sc2cnccc23)c(-c2ccccc2-c2nccc3c2sc2ccccc23)c1. The topological polar surface area (TPSA) is 25.8 Å². The highest BCUT2D eigenvalue weighted by Gasteiger charge is 2.18. The summed E-state index contributed by atoms with van der Waals surface area (Å²) in [5.74, 6) is 0. The molecule has 0 saturated carbocycles. The van der Waals surface area contributed by atoms with Crippen molar-refractivity contribution in [2.75, 3.05) is 0 Å². The van der Waals surface area contributed by atoms with Gasteiger partial charge in [0.2, 0.25) is 0 Å². The van der Waals surface area contributed by atoms with E-state index in [1.165, 1.54) is 62.6 Å². The molecule has 0 radical (unpaired) electrons. The fourth-order valence-electron chi connectivity index (χ4n) is 5.59. The second-order valence-electron chi connectivity index (χ2n) is 9.38. The third kappa shape index (κ3) is 3.24. The maximum Gasteiger partial charge on any atom is 0.0886 e. The first-order valence-corrected chi connectivity index (χ1v) is 14.2. The summed E-state index contributed by atoms with van der Waals surface area (Å²) in [5.41, 5.74) is 7.09. The lowest BCUT2D eigenvalue weighted by atomic mass is 9.90. The molecule has 4 heteroatoms. The van der Waals surface area contributed by atoms with E-state index in [2.05, 4.69) is 108 Å². The molecule has 8 rings (SSSR count). The zero-order valence-electron chi connectivity index (χ0n) is 20.3. The molecule has 0 unspecified atom stereocenters. The molecule has 2 nitrogen and oxygen atoms in total. The van der Waals surface area contributed by atoms with E-state index in [1.54, 1.807) is 0 Å². The minimum atomic E-state index is 1.04. The number of aromatic nitrogens is 2. The Bertz CT molecular complexity index is 2000. The third-order valence-electron chi connectivity index (χ3n) is 7.29. The first kappa shape index (κ1) is 21.7. The molecule has 0 spiro atoms. The normalized spacial score (nSPS) is 11.7. The number of pyridine rings is 2. The highest BCUT2D eigenvalue weighted by Crippen LogP contribution is 2.45. The highest BCUT2D eigenvalue weighted by atomic mass is 32.1. The molecule has 0 bridgehead atoms. The standard InChI is InChI=1S/C34H20N2S2/c1-2-10-23(27-13-7-14-28-25-16-18-35-20-31(25)38-33(27)28)21(8-1)22-9-3-4-12-26(22)32-34-29(17-19-36-32)24-11-5-6-15-30(24)37-34/h1-20H. The molecule has 0 N–H and O–H groups in total. The van der Waals surface area contributed by atoms with Crippen LogP contribution in [0.3, 0.4) is 0 Å². The van der Waals surface area contributed by atoms with Gasteiger partial charge in [-0.2, -0.15) is 0 Å². The van der Waals surface area contributed by atoms with Crippen molar-refractivity contribution in [3.8, 4) is 33.5 Å². The Hall–Kier alpha value is -4.38. The summed E-state index contributed by atoms with van der Waals surface area (Å²) >= 11 is 3.64. The van der Waals surface area contributed by atoms with Gasteiger partial charge in [-0.25, -0.2) is 0 Å². The van der Waals surface area contributed by atoms with Gasteiger partial charge in [0.05, 0.1) is 15.1 Å². The van der Waals surface area contributed by atoms with Gasteiger partial charge in [-0.1, -0.05) is 84.9 Å². The molecule has 0 aliphatic rings. The molecular weight excluding hydrogens is 501 g/mol. The van der Waals surface area contributed by atoms with Gasteiger partial charge >= 0.3 is 0 Å². The monoisotopic (exact) mass is 520 g/mol. The smallest absolute Gasteiger partial charge is 0.0886 e. The van der Waals surface area contributed by atoms with Gasteiger partial charge in [0.1, 0.15) is 0 Å². The Kier molecular flexibility index (Phi) is 4.90. The summed E-state index contributed by atoms with van der Waals surface area (Å²) in [5, 5.41) is 5.10. The van der Waals surface area contributed by atoms with Crippen LogP contribution in [0.15, 0.2) is 122 Å². The van der Waals surface area contributed by atoms with Crippen molar-refractivity contribution < 1.29 is 0 Å². The van der Waals surface area contributed by atoms with E-state index in [0.717, 1.165) is 11.3 Å². The van der Waals surface area contributed by atoms with E-state index in [9.17, 15) is 0 Å². The van der Waals surface area contributed by atoms with E-state index in [0.29, 0.717) is 0 Å². The van der Waals surface area contributed by atoms with Crippen molar-refractivity contribution >= 4 is 63.0 Å². The largest absolute Gasteiger partial charge is 0.263 e. The molecule has 38 heavy (non-hydrogen) atoms. The van der Waals surface area contributed by atoms with Gasteiger partial charge in [0.15, 0.2) is 0 Å². The maximum absolute atomic E-state index is 4.95. The lowest BCUT2D eigenvalue weighted by molar-refractivity contribution is 1.37. The van der Waals surface area contributed by atoms with Gasteiger partial charge in [-0.05, 0) is 34.9 Å². The molecule has 0 atom stereocenters. The summed E-state index contributed by atoms with van der Waals surface area (Å²) < 4.78 is 5.04. The van der Waals surface area contributed by atoms with Crippen LogP contribution < -0.4 is 0 Å². The fourth-order valence-corrected chi connectivity index (χ4v) is 7.98. The van der Waals surface area contributed by atoms with Gasteiger partial charge in [0.25, 0.3) is 0 Å². The fraction of sp³-hybridized carbons (Fsp3) is 0. The zero-order valence-corrected chi connectivity index (χ0v) is 21.9. The zero-order chi connectivity index (χ0) is 25.1. The van der Waals surface area contributed by atoms with Crippen molar-refractivity contribution in [1.82, 2.24) is 9.97 Å². The Morgan fingerprint density at radius 2 is 1.00 bits per heavy atom. The quantitative estimate of drug-likeness (QED) is 0.232. The van der Waals surface area contributed by atoms with Crippen molar-refractivity contribution in [1.29, 1.82) is 0 Å². The number of fused-ring (bicyclic) bond motifs is 6. The third-order valence-corrected chi connectivity index (χ3v) is 9.67. The summed E-state index contributed by atoms with van der Waals surface area (Å²) in [6.07, 6.45) is 5.81. The Morgan fingerprint density at radius 3 is 1.87 bits per heavy atom. The molecular formula is C34H20N2S2. The Labute approximate surface area is 227 Å². The van der Waals surface area contributed by atoms with Crippen LogP contribution in [0.2, 0.25) is 0 Å². The average molecular weight is 521 g/mol. The second kappa shape index (κ2) is 8.59. The molecule has 4 aromatic heterocycles. The van der Waals surface area contributed by atoms with Gasteiger partial charge in [0, 0.05) is 60.7 Å². The van der Waals surface area contributed by atoms with Crippen LogP contribution in [-0.2, 0) is 0 Å². The molecule has 8 aromatic rings. The lowest BCUT2D eigenvalue weighted by Gasteiger charge is -2.15. The Balaban J connectivity index is 1.39. The van der Waals surface area contributed by atoms with Crippen molar-refractivity contribution in [2.24, 2.45) is 0 Å². The predicted octanol–water partition coefficient (Wildman–Crippen LogP) is 10.2. The molecule has 4 heterocycles. The minimum absolute atomic E-state index is 1.04.